The number of aromatic nitrogens is 1. The predicted octanol–water partition coefficient (Wildman–Crippen LogP) is 1.81. The van der Waals surface area contributed by atoms with Gasteiger partial charge in [0.15, 0.2) is 0 Å². The van der Waals surface area contributed by atoms with Crippen molar-refractivity contribution >= 4 is 21.7 Å². The molecule has 1 aromatic rings. The molecule has 1 fully saturated rings. The minimum atomic E-state index is -0.131. The summed E-state index contributed by atoms with van der Waals surface area (Å²) in [6.07, 6.45) is 3.34. The number of anilines is 1. The van der Waals surface area contributed by atoms with Crippen LogP contribution in [0.5, 0.6) is 0 Å². The molecule has 0 unspecified atom stereocenters. The molecular formula is C10H13BrN2O. The average Bonchev–Trinajstić information content (AvgIpc) is 2.20. The molecule has 1 aliphatic heterocycles. The highest BCUT2D eigenvalue weighted by Crippen LogP contribution is 2.25. The summed E-state index contributed by atoms with van der Waals surface area (Å²) >= 11 is 3.48. The van der Waals surface area contributed by atoms with E-state index in [2.05, 4.69) is 25.8 Å². The normalized spacial score (nSPS) is 18.6. The molecule has 76 valence electrons. The lowest BCUT2D eigenvalue weighted by molar-refractivity contribution is 0.145. The zero-order valence-electron chi connectivity index (χ0n) is 7.86. The van der Waals surface area contributed by atoms with Gasteiger partial charge in [0.25, 0.3) is 0 Å². The summed E-state index contributed by atoms with van der Waals surface area (Å²) in [4.78, 5) is 6.53. The number of aliphatic hydroxyl groups is 1. The second kappa shape index (κ2) is 4.28. The summed E-state index contributed by atoms with van der Waals surface area (Å²) in [7, 11) is 0. The highest BCUT2D eigenvalue weighted by molar-refractivity contribution is 9.10. The van der Waals surface area contributed by atoms with Crippen LogP contribution in [-0.4, -0.2) is 29.3 Å². The molecular weight excluding hydrogens is 244 g/mol. The molecule has 1 aliphatic rings. The van der Waals surface area contributed by atoms with Crippen molar-refractivity contribution in [1.29, 1.82) is 0 Å². The van der Waals surface area contributed by atoms with Crippen LogP contribution in [0.15, 0.2) is 22.8 Å². The average molecular weight is 257 g/mol. The van der Waals surface area contributed by atoms with E-state index in [9.17, 15) is 5.11 Å². The second-order valence-electron chi connectivity index (χ2n) is 3.53. The first-order valence-electron chi connectivity index (χ1n) is 4.81. The Bertz CT molecular complexity index is 311. The summed E-state index contributed by atoms with van der Waals surface area (Å²) in [5.41, 5.74) is 0. The molecule has 0 atom stereocenters. The van der Waals surface area contributed by atoms with Crippen LogP contribution in [-0.2, 0) is 0 Å². The molecule has 0 amide bonds. The van der Waals surface area contributed by atoms with Gasteiger partial charge >= 0.3 is 0 Å². The number of hydrogen-bond donors (Lipinski definition) is 1. The van der Waals surface area contributed by atoms with Crippen LogP contribution in [0.4, 0.5) is 5.82 Å². The molecule has 0 spiro atoms. The Hall–Kier alpha value is -0.610. The molecule has 3 nitrogen and oxygen atoms in total. The number of piperidine rings is 1. The lowest BCUT2D eigenvalue weighted by atomic mass is 10.1. The molecule has 1 N–H and O–H groups in total. The standard InChI is InChI=1S/C10H13BrN2O/c11-9-2-1-5-12-10(9)13-6-3-8(14)4-7-13/h1-2,5,8,14H,3-4,6-7H2. The molecule has 0 aromatic carbocycles. The number of halogens is 1. The van der Waals surface area contributed by atoms with Gasteiger partial charge in [-0.05, 0) is 40.9 Å². The van der Waals surface area contributed by atoms with E-state index in [1.165, 1.54) is 0 Å². The highest BCUT2D eigenvalue weighted by Gasteiger charge is 2.19. The van der Waals surface area contributed by atoms with Gasteiger partial charge < -0.3 is 10.0 Å². The Morgan fingerprint density at radius 2 is 2.14 bits per heavy atom. The third-order valence-corrected chi connectivity index (χ3v) is 3.12. The lowest BCUT2D eigenvalue weighted by Gasteiger charge is -2.30. The summed E-state index contributed by atoms with van der Waals surface area (Å²) in [6, 6.07) is 3.90. The van der Waals surface area contributed by atoms with Gasteiger partial charge in [-0.1, -0.05) is 0 Å². The van der Waals surface area contributed by atoms with Crippen molar-refractivity contribution in [2.45, 2.75) is 18.9 Å². The van der Waals surface area contributed by atoms with Crippen molar-refractivity contribution in [3.63, 3.8) is 0 Å². The third kappa shape index (κ3) is 2.07. The molecule has 14 heavy (non-hydrogen) atoms. The molecule has 1 aromatic heterocycles. The van der Waals surface area contributed by atoms with Crippen molar-refractivity contribution in [1.82, 2.24) is 4.98 Å². The predicted molar refractivity (Wildman–Crippen MR) is 59.4 cm³/mol. The van der Waals surface area contributed by atoms with Crippen LogP contribution >= 0.6 is 15.9 Å². The number of pyridine rings is 1. The molecule has 1 saturated heterocycles. The Kier molecular flexibility index (Phi) is 3.03. The molecule has 2 heterocycles. The smallest absolute Gasteiger partial charge is 0.142 e. The van der Waals surface area contributed by atoms with Gasteiger partial charge in [0.05, 0.1) is 10.6 Å². The number of aliphatic hydroxyl groups excluding tert-OH is 1. The lowest BCUT2D eigenvalue weighted by Crippen LogP contribution is -2.36. The zero-order chi connectivity index (χ0) is 9.97. The number of nitrogens with zero attached hydrogens (tertiary/aromatic N) is 2. The van der Waals surface area contributed by atoms with Crippen molar-refractivity contribution < 1.29 is 5.11 Å². The van der Waals surface area contributed by atoms with Crippen molar-refractivity contribution in [2.24, 2.45) is 0 Å². The van der Waals surface area contributed by atoms with Gasteiger partial charge in [-0.2, -0.15) is 0 Å². The minimum Gasteiger partial charge on any atom is -0.393 e. The maximum Gasteiger partial charge on any atom is 0.142 e. The van der Waals surface area contributed by atoms with E-state index in [0.29, 0.717) is 0 Å². The molecule has 0 bridgehead atoms. The SMILES string of the molecule is OC1CCN(c2ncccc2Br)CC1. The number of hydrogen-bond acceptors (Lipinski definition) is 3. The van der Waals surface area contributed by atoms with E-state index in [-0.39, 0.29) is 6.10 Å². The van der Waals surface area contributed by atoms with Crippen LogP contribution in [0, 0.1) is 0 Å². The summed E-state index contributed by atoms with van der Waals surface area (Å²) in [5.74, 6) is 0.986. The van der Waals surface area contributed by atoms with E-state index in [4.69, 9.17) is 0 Å². The van der Waals surface area contributed by atoms with Crippen LogP contribution in [0.3, 0.4) is 0 Å². The first kappa shape index (κ1) is 9.93. The minimum absolute atomic E-state index is 0.131. The molecule has 0 aliphatic carbocycles. The van der Waals surface area contributed by atoms with Gasteiger partial charge in [-0.25, -0.2) is 4.98 Å². The quantitative estimate of drug-likeness (QED) is 0.833. The van der Waals surface area contributed by atoms with Crippen molar-refractivity contribution in [2.75, 3.05) is 18.0 Å². The maximum atomic E-state index is 9.38. The largest absolute Gasteiger partial charge is 0.393 e. The second-order valence-corrected chi connectivity index (χ2v) is 4.38. The highest BCUT2D eigenvalue weighted by atomic mass is 79.9. The molecule has 0 saturated carbocycles. The molecule has 0 radical (unpaired) electrons. The summed E-state index contributed by atoms with van der Waals surface area (Å²) < 4.78 is 1.02. The molecule has 4 heteroatoms. The Morgan fingerprint density at radius 1 is 1.43 bits per heavy atom. The topological polar surface area (TPSA) is 36.4 Å². The third-order valence-electron chi connectivity index (χ3n) is 2.50. The monoisotopic (exact) mass is 256 g/mol. The van der Waals surface area contributed by atoms with Gasteiger partial charge in [0, 0.05) is 19.3 Å². The first-order chi connectivity index (χ1) is 6.77. The van der Waals surface area contributed by atoms with Crippen LogP contribution in [0.2, 0.25) is 0 Å². The van der Waals surface area contributed by atoms with Gasteiger partial charge in [0.2, 0.25) is 0 Å². The summed E-state index contributed by atoms with van der Waals surface area (Å²) in [5, 5.41) is 9.38. The van der Waals surface area contributed by atoms with E-state index in [1.807, 2.05) is 12.1 Å². The van der Waals surface area contributed by atoms with Crippen molar-refractivity contribution in [3.8, 4) is 0 Å². The fourth-order valence-electron chi connectivity index (χ4n) is 1.69. The van der Waals surface area contributed by atoms with Gasteiger partial charge in [0.1, 0.15) is 5.82 Å². The number of rotatable bonds is 1. The van der Waals surface area contributed by atoms with Crippen molar-refractivity contribution in [3.05, 3.63) is 22.8 Å². The van der Waals surface area contributed by atoms with Gasteiger partial charge in [-0.15, -0.1) is 0 Å². The first-order valence-corrected chi connectivity index (χ1v) is 5.60. The Balaban J connectivity index is 2.12. The van der Waals surface area contributed by atoms with E-state index in [1.54, 1.807) is 6.20 Å². The fourth-order valence-corrected chi connectivity index (χ4v) is 2.19. The van der Waals surface area contributed by atoms with Crippen LogP contribution in [0.1, 0.15) is 12.8 Å². The van der Waals surface area contributed by atoms with Crippen LogP contribution in [0.25, 0.3) is 0 Å². The van der Waals surface area contributed by atoms with E-state index < -0.39 is 0 Å². The molecule has 2 rings (SSSR count). The van der Waals surface area contributed by atoms with E-state index in [0.717, 1.165) is 36.2 Å². The Labute approximate surface area is 91.9 Å². The zero-order valence-corrected chi connectivity index (χ0v) is 9.44. The van der Waals surface area contributed by atoms with E-state index >= 15 is 0 Å². The fraction of sp³-hybridized carbons (Fsp3) is 0.500. The van der Waals surface area contributed by atoms with Crippen LogP contribution < -0.4 is 4.90 Å². The van der Waals surface area contributed by atoms with Gasteiger partial charge in [-0.3, -0.25) is 0 Å². The summed E-state index contributed by atoms with van der Waals surface area (Å²) in [6.45, 7) is 1.77. The maximum absolute atomic E-state index is 9.38. The Morgan fingerprint density at radius 3 is 2.79 bits per heavy atom.